The maximum Gasteiger partial charge on any atom is 0.224 e. The van der Waals surface area contributed by atoms with Crippen molar-refractivity contribution in [2.75, 3.05) is 36.1 Å². The molecule has 2 aromatic heterocycles. The number of benzene rings is 1. The molecular weight excluding hydrogens is 424 g/mol. The van der Waals surface area contributed by atoms with E-state index < -0.39 is 0 Å². The summed E-state index contributed by atoms with van der Waals surface area (Å²) in [6.45, 7) is 5.17. The lowest BCUT2D eigenvalue weighted by Crippen LogP contribution is -2.36. The Hall–Kier alpha value is -3.22. The Morgan fingerprint density at radius 3 is 2.56 bits per heavy atom. The SMILES string of the molecule is CC(=O)N1Cc2cnc(-c3ccc(N4CCOCC4)nc3)cc2/C=C\c2ccc(Cl)cc21. The molecule has 2 aliphatic rings. The van der Waals surface area contributed by atoms with Crippen LogP contribution in [0.2, 0.25) is 5.02 Å². The van der Waals surface area contributed by atoms with Gasteiger partial charge in [0.2, 0.25) is 5.91 Å². The van der Waals surface area contributed by atoms with E-state index in [-0.39, 0.29) is 5.91 Å². The maximum atomic E-state index is 12.4. The lowest BCUT2D eigenvalue weighted by Gasteiger charge is -2.27. The molecule has 1 fully saturated rings. The number of hydrogen-bond donors (Lipinski definition) is 0. The number of nitrogens with zero attached hydrogens (tertiary/aromatic N) is 4. The maximum absolute atomic E-state index is 12.4. The Bertz CT molecular complexity index is 1190. The van der Waals surface area contributed by atoms with Crippen molar-refractivity contribution in [3.05, 3.63) is 70.5 Å². The first-order valence-corrected chi connectivity index (χ1v) is 11.0. The third-order valence-corrected chi connectivity index (χ3v) is 6.07. The molecule has 1 saturated heterocycles. The van der Waals surface area contributed by atoms with Gasteiger partial charge in [0, 0.05) is 43.0 Å². The van der Waals surface area contributed by atoms with Gasteiger partial charge >= 0.3 is 0 Å². The molecule has 4 heterocycles. The zero-order valence-electron chi connectivity index (χ0n) is 17.8. The zero-order chi connectivity index (χ0) is 22.1. The van der Waals surface area contributed by atoms with Gasteiger partial charge in [-0.15, -0.1) is 0 Å². The minimum Gasteiger partial charge on any atom is -0.378 e. The number of fused-ring (bicyclic) bond motifs is 2. The largest absolute Gasteiger partial charge is 0.378 e. The number of pyridine rings is 2. The summed E-state index contributed by atoms with van der Waals surface area (Å²) in [5.41, 5.74) is 5.56. The van der Waals surface area contributed by atoms with Gasteiger partial charge in [-0.3, -0.25) is 9.78 Å². The van der Waals surface area contributed by atoms with E-state index in [4.69, 9.17) is 16.3 Å². The van der Waals surface area contributed by atoms with E-state index in [1.54, 1.807) is 11.8 Å². The fourth-order valence-corrected chi connectivity index (χ4v) is 4.24. The van der Waals surface area contributed by atoms with Crippen LogP contribution in [0.15, 0.2) is 48.8 Å². The Morgan fingerprint density at radius 1 is 1.00 bits per heavy atom. The number of ether oxygens (including phenoxy) is 1. The summed E-state index contributed by atoms with van der Waals surface area (Å²) in [7, 11) is 0. The lowest BCUT2D eigenvalue weighted by molar-refractivity contribution is -0.116. The molecule has 1 amide bonds. The summed E-state index contributed by atoms with van der Waals surface area (Å²) in [5.74, 6) is 0.914. The molecule has 3 aromatic rings. The van der Waals surface area contributed by atoms with Crippen molar-refractivity contribution in [1.29, 1.82) is 0 Å². The molecule has 0 radical (unpaired) electrons. The average molecular weight is 447 g/mol. The number of hydrogen-bond acceptors (Lipinski definition) is 5. The topological polar surface area (TPSA) is 58.6 Å². The number of amides is 1. The van der Waals surface area contributed by atoms with Crippen LogP contribution < -0.4 is 9.80 Å². The summed E-state index contributed by atoms with van der Waals surface area (Å²) in [6, 6.07) is 11.7. The van der Waals surface area contributed by atoms with Gasteiger partial charge in [0.1, 0.15) is 5.82 Å². The molecule has 0 saturated carbocycles. The minimum absolute atomic E-state index is 0.0401. The Morgan fingerprint density at radius 2 is 1.81 bits per heavy atom. The summed E-state index contributed by atoms with van der Waals surface area (Å²) in [6.07, 6.45) is 7.80. The van der Waals surface area contributed by atoms with Crippen molar-refractivity contribution in [2.45, 2.75) is 13.5 Å². The van der Waals surface area contributed by atoms with Gasteiger partial charge in [-0.05, 0) is 47.0 Å². The van der Waals surface area contributed by atoms with Crippen LogP contribution in [0.4, 0.5) is 11.5 Å². The smallest absolute Gasteiger partial charge is 0.224 e. The number of carbonyl (C=O) groups excluding carboxylic acids is 1. The predicted molar refractivity (Wildman–Crippen MR) is 128 cm³/mol. The Balaban J connectivity index is 1.48. The molecule has 7 heteroatoms. The second-order valence-electron chi connectivity index (χ2n) is 7.91. The lowest BCUT2D eigenvalue weighted by atomic mass is 10.0. The summed E-state index contributed by atoms with van der Waals surface area (Å²) in [5, 5.41) is 0.602. The van der Waals surface area contributed by atoms with Gasteiger partial charge in [0.15, 0.2) is 0 Å². The molecule has 1 aromatic carbocycles. The molecule has 0 bridgehead atoms. The molecule has 6 nitrogen and oxygen atoms in total. The Kier molecular flexibility index (Phi) is 5.64. The normalized spacial score (nSPS) is 16.6. The van der Waals surface area contributed by atoms with Crippen LogP contribution in [0.1, 0.15) is 23.6 Å². The monoisotopic (exact) mass is 446 g/mol. The molecule has 5 rings (SSSR count). The third kappa shape index (κ3) is 4.11. The van der Waals surface area contributed by atoms with E-state index in [0.717, 1.165) is 65.8 Å². The zero-order valence-corrected chi connectivity index (χ0v) is 18.5. The van der Waals surface area contributed by atoms with E-state index >= 15 is 0 Å². The molecule has 0 aliphatic carbocycles. The molecule has 2 aliphatic heterocycles. The van der Waals surface area contributed by atoms with Crippen molar-refractivity contribution in [2.24, 2.45) is 0 Å². The highest BCUT2D eigenvalue weighted by molar-refractivity contribution is 6.31. The molecular formula is C25H23ClN4O2. The first kappa shape index (κ1) is 20.7. The molecule has 0 spiro atoms. The van der Waals surface area contributed by atoms with Gasteiger partial charge < -0.3 is 14.5 Å². The van der Waals surface area contributed by atoms with E-state index in [1.807, 2.05) is 42.7 Å². The van der Waals surface area contributed by atoms with Crippen LogP contribution in [0, 0.1) is 0 Å². The third-order valence-electron chi connectivity index (χ3n) is 5.84. The average Bonchev–Trinajstić information content (AvgIpc) is 2.81. The fraction of sp³-hybridized carbons (Fsp3) is 0.240. The second-order valence-corrected chi connectivity index (χ2v) is 8.35. The van der Waals surface area contributed by atoms with E-state index in [2.05, 4.69) is 33.1 Å². The minimum atomic E-state index is -0.0401. The van der Waals surface area contributed by atoms with Crippen LogP contribution in [-0.2, 0) is 16.1 Å². The van der Waals surface area contributed by atoms with Crippen molar-refractivity contribution in [3.8, 4) is 11.3 Å². The first-order chi connectivity index (χ1) is 15.6. The summed E-state index contributed by atoms with van der Waals surface area (Å²) in [4.78, 5) is 25.7. The van der Waals surface area contributed by atoms with Gasteiger partial charge in [-0.25, -0.2) is 4.98 Å². The van der Waals surface area contributed by atoms with Gasteiger partial charge in [-0.1, -0.05) is 29.8 Å². The van der Waals surface area contributed by atoms with Gasteiger partial charge in [-0.2, -0.15) is 0 Å². The second kappa shape index (κ2) is 8.73. The van der Waals surface area contributed by atoms with E-state index in [0.29, 0.717) is 11.6 Å². The standard InChI is InChI=1S/C25H23ClN4O2/c1-17(31)30-16-21-15-27-23(12-19(21)3-2-18-4-6-22(26)13-24(18)30)20-5-7-25(28-14-20)29-8-10-32-11-9-29/h2-7,12-15H,8-11,16H2,1H3/b3-2-. The quantitative estimate of drug-likeness (QED) is 0.572. The number of anilines is 2. The highest BCUT2D eigenvalue weighted by Gasteiger charge is 2.20. The fourth-order valence-electron chi connectivity index (χ4n) is 4.07. The van der Waals surface area contributed by atoms with E-state index in [1.165, 1.54) is 0 Å². The number of carbonyl (C=O) groups is 1. The predicted octanol–water partition coefficient (Wildman–Crippen LogP) is 4.67. The van der Waals surface area contributed by atoms with Crippen LogP contribution in [0.25, 0.3) is 23.4 Å². The van der Waals surface area contributed by atoms with Crippen LogP contribution in [-0.4, -0.2) is 42.2 Å². The molecule has 0 unspecified atom stereocenters. The van der Waals surface area contributed by atoms with Crippen LogP contribution >= 0.6 is 11.6 Å². The molecule has 0 N–H and O–H groups in total. The van der Waals surface area contributed by atoms with Crippen molar-refractivity contribution < 1.29 is 9.53 Å². The van der Waals surface area contributed by atoms with Crippen molar-refractivity contribution >= 4 is 41.2 Å². The molecule has 0 atom stereocenters. The highest BCUT2D eigenvalue weighted by Crippen LogP contribution is 2.32. The van der Waals surface area contributed by atoms with E-state index in [9.17, 15) is 4.79 Å². The highest BCUT2D eigenvalue weighted by atomic mass is 35.5. The number of rotatable bonds is 2. The number of morpholine rings is 1. The van der Waals surface area contributed by atoms with Crippen molar-refractivity contribution in [3.63, 3.8) is 0 Å². The number of halogens is 1. The summed E-state index contributed by atoms with van der Waals surface area (Å²) < 4.78 is 5.42. The van der Waals surface area contributed by atoms with Gasteiger partial charge in [0.05, 0.1) is 31.1 Å². The number of aromatic nitrogens is 2. The summed E-state index contributed by atoms with van der Waals surface area (Å²) >= 11 is 6.20. The van der Waals surface area contributed by atoms with Crippen LogP contribution in [0.5, 0.6) is 0 Å². The molecule has 32 heavy (non-hydrogen) atoms. The first-order valence-electron chi connectivity index (χ1n) is 10.6. The van der Waals surface area contributed by atoms with Crippen LogP contribution in [0.3, 0.4) is 0 Å². The molecule has 162 valence electrons. The van der Waals surface area contributed by atoms with Gasteiger partial charge in [0.25, 0.3) is 0 Å². The Labute approximate surface area is 192 Å². The van der Waals surface area contributed by atoms with Crippen molar-refractivity contribution in [1.82, 2.24) is 9.97 Å².